The van der Waals surface area contributed by atoms with Gasteiger partial charge in [-0.05, 0) is 47.2 Å². The molecule has 0 aliphatic heterocycles. The average Bonchev–Trinajstić information content (AvgIpc) is 2.85. The van der Waals surface area contributed by atoms with E-state index in [2.05, 4.69) is 27.4 Å². The molecule has 0 heterocycles. The first-order valence-electron chi connectivity index (χ1n) is 14.4. The van der Waals surface area contributed by atoms with Crippen molar-refractivity contribution >= 4 is 16.6 Å². The third-order valence-electron chi connectivity index (χ3n) is 8.51. The fourth-order valence-corrected chi connectivity index (χ4v) is 10.2. The van der Waals surface area contributed by atoms with Crippen LogP contribution in [-0.4, -0.2) is 53.5 Å². The predicted molar refractivity (Wildman–Crippen MR) is 159 cm³/mol. The molecule has 0 aliphatic rings. The van der Waals surface area contributed by atoms with Crippen molar-refractivity contribution in [2.45, 2.75) is 133 Å². The number of halogens is 7. The topological polar surface area (TPSA) is 27.7 Å². The van der Waals surface area contributed by atoms with Gasteiger partial charge in [0.25, 0.3) is 0 Å². The fourth-order valence-electron chi connectivity index (χ4n) is 4.57. The molecule has 3 nitrogen and oxygen atoms in total. The molecule has 0 bridgehead atoms. The van der Waals surface area contributed by atoms with Crippen molar-refractivity contribution in [2.24, 2.45) is 0 Å². The highest BCUT2D eigenvalue weighted by molar-refractivity contribution is 6.76. The molecular weight excluding hydrogens is 597 g/mol. The van der Waals surface area contributed by atoms with Gasteiger partial charge in [-0.15, -0.1) is 6.58 Å². The van der Waals surface area contributed by atoms with Crippen molar-refractivity contribution in [3.05, 3.63) is 48.6 Å². The largest absolute Gasteiger partial charge is 0.459 e. The van der Waals surface area contributed by atoms with Crippen molar-refractivity contribution < 1.29 is 44.3 Å². The lowest BCUT2D eigenvalue weighted by Gasteiger charge is -2.45. The van der Waals surface area contributed by atoms with Crippen LogP contribution in [0, 0.1) is 0 Å². The quantitative estimate of drug-likeness (QED) is 0.0958. The lowest BCUT2D eigenvalue weighted by Crippen LogP contribution is -2.56. The maximum absolute atomic E-state index is 14.6. The van der Waals surface area contributed by atoms with E-state index in [4.69, 9.17) is 13.6 Å². The molecule has 0 aliphatic carbocycles. The lowest BCUT2D eigenvalue weighted by atomic mass is 10.1. The number of alkyl halides is 7. The summed E-state index contributed by atoms with van der Waals surface area (Å²) in [4.78, 5) is 0. The van der Waals surface area contributed by atoms with Gasteiger partial charge in [0.1, 0.15) is 0 Å². The highest BCUT2D eigenvalue weighted by Crippen LogP contribution is 2.51. The minimum absolute atomic E-state index is 0.0487. The molecule has 0 radical (unpaired) electrons. The summed E-state index contributed by atoms with van der Waals surface area (Å²) in [5, 5.41) is -0.160. The molecule has 0 aromatic heterocycles. The van der Waals surface area contributed by atoms with Gasteiger partial charge in [-0.1, -0.05) is 84.9 Å². The molecule has 2 atom stereocenters. The Morgan fingerprint density at radius 3 is 1.81 bits per heavy atom. The molecule has 0 fully saturated rings. The van der Waals surface area contributed by atoms with Crippen LogP contribution in [0.1, 0.15) is 66.9 Å². The summed E-state index contributed by atoms with van der Waals surface area (Å²) in [5.74, 6) is -11.5. The molecule has 0 saturated carbocycles. The maximum atomic E-state index is 14.6. The maximum Gasteiger partial charge on any atom is 0.459 e. The predicted octanol–water partition coefficient (Wildman–Crippen LogP) is 10.5. The Kier molecular flexibility index (Phi) is 13.6. The van der Waals surface area contributed by atoms with Crippen LogP contribution in [-0.2, 0) is 20.2 Å². The van der Waals surface area contributed by atoms with E-state index in [0.717, 1.165) is 5.56 Å². The molecule has 0 amide bonds. The molecule has 244 valence electrons. The van der Waals surface area contributed by atoms with E-state index in [0.29, 0.717) is 6.42 Å². The van der Waals surface area contributed by atoms with E-state index < -0.39 is 59.3 Å². The first kappa shape index (κ1) is 38.8. The lowest BCUT2D eigenvalue weighted by molar-refractivity contribution is -0.354. The molecule has 0 N–H and O–H groups in total. The van der Waals surface area contributed by atoms with Gasteiger partial charge in [-0.3, -0.25) is 0 Å². The molecule has 1 rings (SSSR count). The van der Waals surface area contributed by atoms with E-state index in [-0.39, 0.29) is 29.3 Å². The molecule has 12 heteroatoms. The standard InChI is InChI=1S/C30H49F7O3Si2/c1-11-15-25(38-20-24-16-13-12-14-17-24)26(21-39-41(9,10)27(6,7)8)40-42(22(2)3,23(4)5)19-18-28(31,32)29(33,34)30(35,36)37/h11-14,16-17,22-23,25-26H,1,15,18-21H2,2-10H3/t25-,26-/m1/s1. The van der Waals surface area contributed by atoms with Gasteiger partial charge in [0, 0.05) is 6.42 Å². The van der Waals surface area contributed by atoms with E-state index in [9.17, 15) is 30.7 Å². The molecule has 0 saturated heterocycles. The normalized spacial score (nSPS) is 15.8. The summed E-state index contributed by atoms with van der Waals surface area (Å²) < 4.78 is 115. The zero-order chi connectivity index (χ0) is 32.8. The SMILES string of the molecule is C=CC[C@@H](OCc1ccccc1)[C@@H](CO[Si](C)(C)C(C)(C)C)O[Si](CCC(F)(F)C(F)(F)C(F)(F)F)(C(C)C)C(C)C. The van der Waals surface area contributed by atoms with E-state index >= 15 is 0 Å². The van der Waals surface area contributed by atoms with Gasteiger partial charge in [0.2, 0.25) is 0 Å². The summed E-state index contributed by atoms with van der Waals surface area (Å²) in [6.45, 7) is 21.3. The number of hydrogen-bond acceptors (Lipinski definition) is 3. The van der Waals surface area contributed by atoms with Gasteiger partial charge in [-0.2, -0.15) is 30.7 Å². The Bertz CT molecular complexity index is 954. The Morgan fingerprint density at radius 1 is 0.857 bits per heavy atom. The number of benzene rings is 1. The summed E-state index contributed by atoms with van der Waals surface area (Å²) in [6.07, 6.45) is -7.50. The minimum atomic E-state index is -6.38. The van der Waals surface area contributed by atoms with Crippen molar-refractivity contribution in [1.82, 2.24) is 0 Å². The van der Waals surface area contributed by atoms with Gasteiger partial charge >= 0.3 is 18.0 Å². The monoisotopic (exact) mass is 646 g/mol. The van der Waals surface area contributed by atoms with Crippen molar-refractivity contribution in [2.75, 3.05) is 6.61 Å². The van der Waals surface area contributed by atoms with Gasteiger partial charge in [-0.25, -0.2) is 0 Å². The van der Waals surface area contributed by atoms with Gasteiger partial charge in [0.15, 0.2) is 16.6 Å². The van der Waals surface area contributed by atoms with E-state index in [1.54, 1.807) is 33.8 Å². The van der Waals surface area contributed by atoms with Crippen molar-refractivity contribution in [1.29, 1.82) is 0 Å². The first-order chi connectivity index (χ1) is 18.9. The summed E-state index contributed by atoms with van der Waals surface area (Å²) in [6, 6.07) is 8.77. The smallest absolute Gasteiger partial charge is 0.414 e. The van der Waals surface area contributed by atoms with Gasteiger partial charge < -0.3 is 13.6 Å². The molecule has 1 aromatic carbocycles. The Morgan fingerprint density at radius 2 is 1.38 bits per heavy atom. The molecule has 0 spiro atoms. The number of rotatable bonds is 17. The van der Waals surface area contributed by atoms with Crippen molar-refractivity contribution in [3.63, 3.8) is 0 Å². The first-order valence-corrected chi connectivity index (χ1v) is 19.5. The van der Waals surface area contributed by atoms with Crippen LogP contribution in [0.3, 0.4) is 0 Å². The van der Waals surface area contributed by atoms with Crippen LogP contribution < -0.4 is 0 Å². The third-order valence-corrected chi connectivity index (χ3v) is 18.7. The fraction of sp³-hybridized carbons (Fsp3) is 0.733. The van der Waals surface area contributed by atoms with E-state index in [1.165, 1.54) is 0 Å². The number of ether oxygens (including phenoxy) is 1. The van der Waals surface area contributed by atoms with Gasteiger partial charge in [0.05, 0.1) is 25.4 Å². The highest BCUT2D eigenvalue weighted by Gasteiger charge is 2.72. The summed E-state index contributed by atoms with van der Waals surface area (Å²) >= 11 is 0. The van der Waals surface area contributed by atoms with Crippen LogP contribution in [0.2, 0.25) is 35.3 Å². The van der Waals surface area contributed by atoms with Crippen LogP contribution in [0.5, 0.6) is 0 Å². The minimum Gasteiger partial charge on any atom is -0.414 e. The van der Waals surface area contributed by atoms with Crippen LogP contribution in [0.15, 0.2) is 43.0 Å². The Hall–Kier alpha value is -1.22. The second-order valence-electron chi connectivity index (χ2n) is 13.1. The summed E-state index contributed by atoms with van der Waals surface area (Å²) in [5.41, 5.74) is 0.115. The van der Waals surface area contributed by atoms with Crippen LogP contribution in [0.4, 0.5) is 30.7 Å². The van der Waals surface area contributed by atoms with Crippen LogP contribution in [0.25, 0.3) is 0 Å². The average molecular weight is 647 g/mol. The second kappa shape index (κ2) is 14.7. The summed E-state index contributed by atoms with van der Waals surface area (Å²) in [7, 11) is -5.80. The second-order valence-corrected chi connectivity index (χ2v) is 22.9. The number of hydrogen-bond donors (Lipinski definition) is 0. The highest BCUT2D eigenvalue weighted by atomic mass is 28.4. The molecule has 1 aromatic rings. The Balaban J connectivity index is 3.52. The Labute approximate surface area is 249 Å². The molecule has 0 unspecified atom stereocenters. The van der Waals surface area contributed by atoms with E-state index in [1.807, 2.05) is 43.4 Å². The van der Waals surface area contributed by atoms with Crippen LogP contribution >= 0.6 is 0 Å². The third kappa shape index (κ3) is 9.64. The zero-order valence-corrected chi connectivity index (χ0v) is 28.4. The van der Waals surface area contributed by atoms with Crippen molar-refractivity contribution in [3.8, 4) is 0 Å². The molecular formula is C30H49F7O3Si2. The zero-order valence-electron chi connectivity index (χ0n) is 26.4. The molecule has 42 heavy (non-hydrogen) atoms.